The van der Waals surface area contributed by atoms with Gasteiger partial charge in [0.15, 0.2) is 0 Å². The molecule has 18 heavy (non-hydrogen) atoms. The molecule has 3 nitrogen and oxygen atoms in total. The van der Waals surface area contributed by atoms with E-state index in [0.29, 0.717) is 0 Å². The lowest BCUT2D eigenvalue weighted by molar-refractivity contribution is -0.138. The largest absolute Gasteiger partial charge is 0.497 e. The van der Waals surface area contributed by atoms with E-state index in [-0.39, 0.29) is 17.8 Å². The fraction of sp³-hybridized carbons (Fsp3) is 0.533. The second kappa shape index (κ2) is 4.63. The molecule has 3 heteroatoms. The van der Waals surface area contributed by atoms with E-state index in [0.717, 1.165) is 18.6 Å². The minimum absolute atomic E-state index is 0.0851. The Hall–Kier alpha value is -1.51. The zero-order valence-electron chi connectivity index (χ0n) is 11.2. The van der Waals surface area contributed by atoms with Gasteiger partial charge in [-0.1, -0.05) is 19.9 Å². The van der Waals surface area contributed by atoms with Gasteiger partial charge in [0.05, 0.1) is 7.11 Å². The van der Waals surface area contributed by atoms with Crippen LogP contribution in [0, 0.1) is 5.92 Å². The molecule has 0 saturated heterocycles. The molecule has 1 aliphatic carbocycles. The van der Waals surface area contributed by atoms with Crippen LogP contribution in [0.3, 0.4) is 0 Å². The third-order valence-corrected chi connectivity index (χ3v) is 4.21. The Morgan fingerprint density at radius 2 is 2.22 bits per heavy atom. The van der Waals surface area contributed by atoms with E-state index in [2.05, 4.69) is 26.0 Å². The average Bonchev–Trinajstić information content (AvgIpc) is 2.32. The molecule has 0 heterocycles. The summed E-state index contributed by atoms with van der Waals surface area (Å²) in [5.41, 5.74) is 2.47. The van der Waals surface area contributed by atoms with Crippen LogP contribution in [0.5, 0.6) is 5.75 Å². The summed E-state index contributed by atoms with van der Waals surface area (Å²) >= 11 is 0. The predicted octanol–water partition coefficient (Wildman–Crippen LogP) is 3.01. The van der Waals surface area contributed by atoms with Crippen molar-refractivity contribution in [2.24, 2.45) is 5.92 Å². The number of aliphatic carboxylic acids is 1. The number of hydrogen-bond donors (Lipinski definition) is 1. The van der Waals surface area contributed by atoms with Gasteiger partial charge in [-0.05, 0) is 47.4 Å². The van der Waals surface area contributed by atoms with Crippen molar-refractivity contribution < 1.29 is 14.6 Å². The molecule has 0 amide bonds. The smallest absolute Gasteiger partial charge is 0.303 e. The normalized spacial score (nSPS) is 21.2. The summed E-state index contributed by atoms with van der Waals surface area (Å²) in [5, 5.41) is 9.01. The second-order valence-electron chi connectivity index (χ2n) is 5.58. The maximum Gasteiger partial charge on any atom is 0.303 e. The summed E-state index contributed by atoms with van der Waals surface area (Å²) in [5.74, 6) is 0.377. The molecular weight excluding hydrogens is 228 g/mol. The highest BCUT2D eigenvalue weighted by Gasteiger charge is 2.37. The van der Waals surface area contributed by atoms with Crippen molar-refractivity contribution in [3.8, 4) is 5.75 Å². The van der Waals surface area contributed by atoms with E-state index in [9.17, 15) is 4.79 Å². The molecule has 1 atom stereocenters. The Balaban J connectivity index is 2.36. The number of aryl methyl sites for hydroxylation is 1. The number of rotatable bonds is 3. The van der Waals surface area contributed by atoms with E-state index >= 15 is 0 Å². The zero-order valence-corrected chi connectivity index (χ0v) is 11.2. The SMILES string of the molecule is COc1ccc2c(c1)CCC(CC(=O)O)C2(C)C. The molecule has 0 saturated carbocycles. The van der Waals surface area contributed by atoms with Crippen LogP contribution in [0.2, 0.25) is 0 Å². The highest BCUT2D eigenvalue weighted by atomic mass is 16.5. The van der Waals surface area contributed by atoms with Crippen molar-refractivity contribution in [1.82, 2.24) is 0 Å². The number of carbonyl (C=O) groups is 1. The van der Waals surface area contributed by atoms with Gasteiger partial charge in [0, 0.05) is 6.42 Å². The summed E-state index contributed by atoms with van der Waals surface area (Å²) in [6.07, 6.45) is 2.12. The lowest BCUT2D eigenvalue weighted by Crippen LogP contribution is -2.35. The van der Waals surface area contributed by atoms with Crippen LogP contribution >= 0.6 is 0 Å². The lowest BCUT2D eigenvalue weighted by atomic mass is 9.64. The quantitative estimate of drug-likeness (QED) is 0.894. The molecular formula is C15H20O3. The summed E-state index contributed by atoms with van der Waals surface area (Å²) in [4.78, 5) is 10.9. The summed E-state index contributed by atoms with van der Waals surface area (Å²) in [6.45, 7) is 4.29. The van der Waals surface area contributed by atoms with E-state index in [1.165, 1.54) is 11.1 Å². The number of fused-ring (bicyclic) bond motifs is 1. The maximum atomic E-state index is 10.9. The average molecular weight is 248 g/mol. The first-order chi connectivity index (χ1) is 8.45. The van der Waals surface area contributed by atoms with Gasteiger partial charge in [-0.25, -0.2) is 0 Å². The van der Waals surface area contributed by atoms with E-state index in [4.69, 9.17) is 9.84 Å². The van der Waals surface area contributed by atoms with Crippen LogP contribution in [-0.2, 0) is 16.6 Å². The van der Waals surface area contributed by atoms with Crippen LogP contribution in [0.4, 0.5) is 0 Å². The molecule has 1 aliphatic rings. The van der Waals surface area contributed by atoms with Crippen LogP contribution in [0.15, 0.2) is 18.2 Å². The molecule has 1 aromatic carbocycles. The van der Waals surface area contributed by atoms with Crippen molar-refractivity contribution in [3.63, 3.8) is 0 Å². The van der Waals surface area contributed by atoms with Crippen LogP contribution in [-0.4, -0.2) is 18.2 Å². The van der Waals surface area contributed by atoms with Gasteiger partial charge in [-0.15, -0.1) is 0 Å². The van der Waals surface area contributed by atoms with Crippen molar-refractivity contribution in [2.45, 2.75) is 38.5 Å². The fourth-order valence-corrected chi connectivity index (χ4v) is 3.01. The number of benzene rings is 1. The van der Waals surface area contributed by atoms with Gasteiger partial charge < -0.3 is 9.84 Å². The summed E-state index contributed by atoms with van der Waals surface area (Å²) in [6, 6.07) is 6.12. The molecule has 0 fully saturated rings. The first-order valence-corrected chi connectivity index (χ1v) is 6.34. The topological polar surface area (TPSA) is 46.5 Å². The molecule has 0 aromatic heterocycles. The highest BCUT2D eigenvalue weighted by Crippen LogP contribution is 2.43. The van der Waals surface area contributed by atoms with Gasteiger partial charge in [0.2, 0.25) is 0 Å². The Kier molecular flexibility index (Phi) is 3.33. The zero-order chi connectivity index (χ0) is 13.3. The molecule has 0 bridgehead atoms. The highest BCUT2D eigenvalue weighted by molar-refractivity contribution is 5.67. The summed E-state index contributed by atoms with van der Waals surface area (Å²) < 4.78 is 5.25. The third kappa shape index (κ3) is 2.22. The molecule has 1 unspecified atom stereocenters. The molecule has 0 spiro atoms. The van der Waals surface area contributed by atoms with E-state index < -0.39 is 5.97 Å². The van der Waals surface area contributed by atoms with Gasteiger partial charge in [0.25, 0.3) is 0 Å². The Morgan fingerprint density at radius 3 is 2.83 bits per heavy atom. The van der Waals surface area contributed by atoms with Gasteiger partial charge >= 0.3 is 5.97 Å². The molecule has 98 valence electrons. The Bertz CT molecular complexity index is 463. The first-order valence-electron chi connectivity index (χ1n) is 6.34. The number of hydrogen-bond acceptors (Lipinski definition) is 2. The maximum absolute atomic E-state index is 10.9. The number of carboxylic acid groups (broad SMARTS) is 1. The van der Waals surface area contributed by atoms with Crippen molar-refractivity contribution in [1.29, 1.82) is 0 Å². The van der Waals surface area contributed by atoms with Crippen LogP contribution < -0.4 is 4.74 Å². The van der Waals surface area contributed by atoms with Gasteiger partial charge in [0.1, 0.15) is 5.75 Å². The number of methoxy groups -OCH3 is 1. The van der Waals surface area contributed by atoms with Crippen LogP contribution in [0.25, 0.3) is 0 Å². The van der Waals surface area contributed by atoms with Crippen molar-refractivity contribution in [3.05, 3.63) is 29.3 Å². The minimum Gasteiger partial charge on any atom is -0.497 e. The number of carboxylic acids is 1. The predicted molar refractivity (Wildman–Crippen MR) is 70.1 cm³/mol. The van der Waals surface area contributed by atoms with E-state index in [1.807, 2.05) is 6.07 Å². The van der Waals surface area contributed by atoms with Crippen LogP contribution in [0.1, 0.15) is 37.8 Å². The molecule has 0 radical (unpaired) electrons. The molecule has 2 rings (SSSR count). The first kappa shape index (κ1) is 12.9. The molecule has 0 aliphatic heterocycles. The van der Waals surface area contributed by atoms with E-state index in [1.54, 1.807) is 7.11 Å². The molecule has 1 aromatic rings. The van der Waals surface area contributed by atoms with Gasteiger partial charge in [-0.3, -0.25) is 4.79 Å². The monoisotopic (exact) mass is 248 g/mol. The Morgan fingerprint density at radius 1 is 1.50 bits per heavy atom. The third-order valence-electron chi connectivity index (χ3n) is 4.21. The summed E-state index contributed by atoms with van der Waals surface area (Å²) in [7, 11) is 1.67. The Labute approximate surface area is 108 Å². The standard InChI is InChI=1S/C15H20O3/c1-15(2)11(9-14(16)17)5-4-10-8-12(18-3)6-7-13(10)15/h6-8,11H,4-5,9H2,1-3H3,(H,16,17). The number of ether oxygens (including phenoxy) is 1. The molecule has 1 N–H and O–H groups in total. The fourth-order valence-electron chi connectivity index (χ4n) is 3.01. The van der Waals surface area contributed by atoms with Gasteiger partial charge in [-0.2, -0.15) is 0 Å². The minimum atomic E-state index is -0.704. The second-order valence-corrected chi connectivity index (χ2v) is 5.58. The van der Waals surface area contributed by atoms with Crippen molar-refractivity contribution in [2.75, 3.05) is 7.11 Å². The lowest BCUT2D eigenvalue weighted by Gasteiger charge is -2.40. The van der Waals surface area contributed by atoms with Crippen molar-refractivity contribution >= 4 is 5.97 Å².